The van der Waals surface area contributed by atoms with E-state index in [4.69, 9.17) is 4.74 Å². The molecule has 0 saturated carbocycles. The van der Waals surface area contributed by atoms with E-state index in [1.165, 1.54) is 25.5 Å². The van der Waals surface area contributed by atoms with Crippen LogP contribution in [-0.4, -0.2) is 17.6 Å². The van der Waals surface area contributed by atoms with Gasteiger partial charge < -0.3 is 9.72 Å². The van der Waals surface area contributed by atoms with Crippen LogP contribution >= 0.6 is 0 Å². The Morgan fingerprint density at radius 3 is 2.50 bits per heavy atom. The average Bonchev–Trinajstić information content (AvgIpc) is 2.45. The van der Waals surface area contributed by atoms with Crippen LogP contribution in [0.4, 0.5) is 0 Å². The van der Waals surface area contributed by atoms with Gasteiger partial charge in [0.2, 0.25) is 0 Å². The highest BCUT2D eigenvalue weighted by molar-refractivity contribution is 5.89. The van der Waals surface area contributed by atoms with E-state index < -0.39 is 5.97 Å². The van der Waals surface area contributed by atoms with Crippen molar-refractivity contribution in [3.8, 4) is 0 Å². The summed E-state index contributed by atoms with van der Waals surface area (Å²) in [6.45, 7) is 2.03. The number of nitrogens with one attached hydrogen (secondary N) is 1. The number of aryl methyl sites for hydroxylation is 1. The highest BCUT2D eigenvalue weighted by atomic mass is 16.5. The Balaban J connectivity index is 2.32. The zero-order valence-electron chi connectivity index (χ0n) is 12.2. The Morgan fingerprint density at radius 1 is 1.15 bits per heavy atom. The van der Waals surface area contributed by atoms with E-state index in [-0.39, 0.29) is 17.6 Å². The van der Waals surface area contributed by atoms with Crippen molar-refractivity contribution >= 4 is 5.97 Å². The van der Waals surface area contributed by atoms with Gasteiger partial charge in [-0.15, -0.1) is 0 Å². The number of ether oxygens (including phenoxy) is 1. The van der Waals surface area contributed by atoms with Gasteiger partial charge in [0.1, 0.15) is 5.56 Å². The largest absolute Gasteiger partial charge is 0.462 e. The van der Waals surface area contributed by atoms with Gasteiger partial charge in [0.15, 0.2) is 5.43 Å². The summed E-state index contributed by atoms with van der Waals surface area (Å²) >= 11 is 0. The molecule has 0 bridgehead atoms. The van der Waals surface area contributed by atoms with E-state index in [1.807, 2.05) is 0 Å². The third-order valence-electron chi connectivity index (χ3n) is 3.87. The Morgan fingerprint density at radius 2 is 1.80 bits per heavy atom. The van der Waals surface area contributed by atoms with Crippen LogP contribution in [0.5, 0.6) is 0 Å². The maximum Gasteiger partial charge on any atom is 0.343 e. The molecule has 1 aromatic rings. The summed E-state index contributed by atoms with van der Waals surface area (Å²) in [6, 6.07) is 0. The summed E-state index contributed by atoms with van der Waals surface area (Å²) in [6.07, 6.45) is 10.2. The highest BCUT2D eigenvalue weighted by Gasteiger charge is 2.17. The lowest BCUT2D eigenvalue weighted by molar-refractivity contribution is 0.0524. The van der Waals surface area contributed by atoms with Gasteiger partial charge in [0.05, 0.1) is 6.61 Å². The summed E-state index contributed by atoms with van der Waals surface area (Å²) in [5.74, 6) is -0.520. The molecule has 4 heteroatoms. The number of H-pyrrole nitrogens is 1. The van der Waals surface area contributed by atoms with Crippen molar-refractivity contribution in [2.75, 3.05) is 6.61 Å². The lowest BCUT2D eigenvalue weighted by Crippen LogP contribution is -2.23. The van der Waals surface area contributed by atoms with Crippen molar-refractivity contribution in [1.29, 1.82) is 0 Å². The molecule has 0 aromatic carbocycles. The number of rotatable bonds is 2. The van der Waals surface area contributed by atoms with Gasteiger partial charge in [-0.25, -0.2) is 4.79 Å². The minimum atomic E-state index is -0.520. The van der Waals surface area contributed by atoms with Gasteiger partial charge >= 0.3 is 5.97 Å². The number of carbonyl (C=O) groups excluding carboxylic acids is 1. The van der Waals surface area contributed by atoms with Crippen molar-refractivity contribution in [3.05, 3.63) is 33.2 Å². The zero-order chi connectivity index (χ0) is 14.4. The Kier molecular flexibility index (Phi) is 5.39. The fraction of sp³-hybridized carbons (Fsp3) is 0.625. The molecule has 1 heterocycles. The van der Waals surface area contributed by atoms with Crippen LogP contribution in [0.1, 0.15) is 67.1 Å². The van der Waals surface area contributed by atoms with Crippen molar-refractivity contribution in [3.63, 3.8) is 0 Å². The molecule has 0 aliphatic heterocycles. The van der Waals surface area contributed by atoms with Crippen LogP contribution < -0.4 is 5.43 Å². The van der Waals surface area contributed by atoms with Crippen molar-refractivity contribution < 1.29 is 9.53 Å². The summed E-state index contributed by atoms with van der Waals surface area (Å²) in [4.78, 5) is 27.4. The molecular formula is C16H23NO3. The number of fused-ring (bicyclic) bond motifs is 1. The molecule has 0 spiro atoms. The number of aromatic amines is 1. The van der Waals surface area contributed by atoms with Gasteiger partial charge in [-0.3, -0.25) is 4.79 Å². The molecule has 0 fully saturated rings. The predicted octanol–water partition coefficient (Wildman–Crippen LogP) is 2.99. The van der Waals surface area contributed by atoms with Crippen molar-refractivity contribution in [2.24, 2.45) is 0 Å². The Bertz CT molecular complexity index is 519. The van der Waals surface area contributed by atoms with Crippen LogP contribution in [0, 0.1) is 0 Å². The lowest BCUT2D eigenvalue weighted by Gasteiger charge is -2.13. The first-order chi connectivity index (χ1) is 9.74. The molecule has 1 N–H and O–H groups in total. The van der Waals surface area contributed by atoms with E-state index in [9.17, 15) is 9.59 Å². The second-order valence-electron chi connectivity index (χ2n) is 5.33. The summed E-state index contributed by atoms with van der Waals surface area (Å²) in [7, 11) is 0. The molecule has 0 unspecified atom stereocenters. The number of hydrogen-bond donors (Lipinski definition) is 1. The summed E-state index contributed by atoms with van der Waals surface area (Å²) in [5.41, 5.74) is 1.79. The quantitative estimate of drug-likeness (QED) is 0.845. The molecule has 1 aromatic heterocycles. The molecule has 0 atom stereocenters. The molecule has 2 rings (SSSR count). The van der Waals surface area contributed by atoms with E-state index >= 15 is 0 Å². The molecule has 110 valence electrons. The van der Waals surface area contributed by atoms with Crippen LogP contribution in [0.2, 0.25) is 0 Å². The number of pyridine rings is 1. The predicted molar refractivity (Wildman–Crippen MR) is 78.1 cm³/mol. The van der Waals surface area contributed by atoms with Crippen LogP contribution in [0.25, 0.3) is 0 Å². The second kappa shape index (κ2) is 7.27. The monoisotopic (exact) mass is 277 g/mol. The Labute approximate surface area is 119 Å². The SMILES string of the molecule is CCOC(=O)c1c[nH]c2c(c1=O)CCCCCCCC2. The van der Waals surface area contributed by atoms with Gasteiger partial charge in [-0.1, -0.05) is 25.7 Å². The maximum absolute atomic E-state index is 12.5. The lowest BCUT2D eigenvalue weighted by atomic mass is 9.96. The van der Waals surface area contributed by atoms with Crippen LogP contribution in [-0.2, 0) is 17.6 Å². The topological polar surface area (TPSA) is 59.2 Å². The van der Waals surface area contributed by atoms with Crippen molar-refractivity contribution in [2.45, 2.75) is 58.3 Å². The van der Waals surface area contributed by atoms with Gasteiger partial charge in [-0.05, 0) is 32.6 Å². The number of carbonyl (C=O) groups is 1. The molecule has 4 nitrogen and oxygen atoms in total. The average molecular weight is 277 g/mol. The first kappa shape index (κ1) is 14.8. The molecular weight excluding hydrogens is 254 g/mol. The number of hydrogen-bond acceptors (Lipinski definition) is 3. The van der Waals surface area contributed by atoms with Crippen LogP contribution in [0.15, 0.2) is 11.0 Å². The Hall–Kier alpha value is -1.58. The molecule has 20 heavy (non-hydrogen) atoms. The first-order valence-electron chi connectivity index (χ1n) is 7.64. The maximum atomic E-state index is 12.5. The molecule has 1 aliphatic rings. The first-order valence-corrected chi connectivity index (χ1v) is 7.64. The smallest absolute Gasteiger partial charge is 0.343 e. The van der Waals surface area contributed by atoms with Gasteiger partial charge in [0.25, 0.3) is 0 Å². The molecule has 0 amide bonds. The minimum absolute atomic E-state index is 0.141. The van der Waals surface area contributed by atoms with E-state index in [1.54, 1.807) is 6.92 Å². The van der Waals surface area contributed by atoms with E-state index in [0.29, 0.717) is 0 Å². The third-order valence-corrected chi connectivity index (χ3v) is 3.87. The normalized spacial score (nSPS) is 16.2. The summed E-state index contributed by atoms with van der Waals surface area (Å²) < 4.78 is 4.94. The van der Waals surface area contributed by atoms with Gasteiger partial charge in [-0.2, -0.15) is 0 Å². The van der Waals surface area contributed by atoms with Gasteiger partial charge in [0, 0.05) is 17.5 Å². The summed E-state index contributed by atoms with van der Waals surface area (Å²) in [5, 5.41) is 0. The molecule has 0 radical (unpaired) electrons. The fourth-order valence-electron chi connectivity index (χ4n) is 2.77. The standard InChI is InChI=1S/C16H23NO3/c1-2-20-16(19)13-11-17-14-10-8-6-4-3-5-7-9-12(14)15(13)18/h11H,2-10H2,1H3,(H,17,18). The zero-order valence-corrected chi connectivity index (χ0v) is 12.2. The van der Waals surface area contributed by atoms with Crippen LogP contribution in [0.3, 0.4) is 0 Å². The van der Waals surface area contributed by atoms with Crippen molar-refractivity contribution in [1.82, 2.24) is 4.98 Å². The van der Waals surface area contributed by atoms with E-state index in [2.05, 4.69) is 4.98 Å². The second-order valence-corrected chi connectivity index (χ2v) is 5.33. The molecule has 0 saturated heterocycles. The van der Waals surface area contributed by atoms with E-state index in [0.717, 1.165) is 43.4 Å². The number of esters is 1. The molecule has 1 aliphatic carbocycles. The third kappa shape index (κ3) is 3.50. The fourth-order valence-corrected chi connectivity index (χ4v) is 2.77. The minimum Gasteiger partial charge on any atom is -0.462 e. The number of aromatic nitrogens is 1. The highest BCUT2D eigenvalue weighted by Crippen LogP contribution is 2.16.